The van der Waals surface area contributed by atoms with Crippen LogP contribution in [0.4, 0.5) is 0 Å². The molecule has 25 heavy (non-hydrogen) atoms. The Morgan fingerprint density at radius 1 is 0.760 bits per heavy atom. The highest BCUT2D eigenvalue weighted by atomic mass is 16.1. The van der Waals surface area contributed by atoms with E-state index < -0.39 is 11.6 Å². The molecule has 128 valence electrons. The molecule has 0 radical (unpaired) electrons. The van der Waals surface area contributed by atoms with E-state index in [2.05, 4.69) is 4.79 Å². The van der Waals surface area contributed by atoms with Gasteiger partial charge in [-0.05, 0) is 37.8 Å². The SMILES string of the molecule is Cc1ccc(CCC(=O)C(=[N+]=[N-])C(=O)CCc2ccc(C)cc2)cc1. The molecule has 2 aromatic rings. The zero-order chi connectivity index (χ0) is 18.2. The van der Waals surface area contributed by atoms with Crippen LogP contribution in [-0.2, 0) is 22.4 Å². The number of nitrogens with zero attached hydrogens (tertiary/aromatic N) is 2. The molecule has 0 amide bonds. The number of hydrogen-bond donors (Lipinski definition) is 0. The average molecular weight is 334 g/mol. The molecule has 4 heteroatoms. The maximum atomic E-state index is 12.2. The number of carbonyl (C=O) groups is 2. The summed E-state index contributed by atoms with van der Waals surface area (Å²) in [7, 11) is 0. The van der Waals surface area contributed by atoms with Crippen LogP contribution in [0.25, 0.3) is 5.53 Å². The summed E-state index contributed by atoms with van der Waals surface area (Å²) in [6.45, 7) is 4.00. The van der Waals surface area contributed by atoms with E-state index in [1.54, 1.807) is 0 Å². The zero-order valence-electron chi connectivity index (χ0n) is 14.7. The van der Waals surface area contributed by atoms with E-state index >= 15 is 0 Å². The van der Waals surface area contributed by atoms with E-state index in [-0.39, 0.29) is 18.6 Å². The molecule has 2 aromatic carbocycles. The Kier molecular flexibility index (Phi) is 6.55. The first-order chi connectivity index (χ1) is 12.0. The molecular weight excluding hydrogens is 312 g/mol. The van der Waals surface area contributed by atoms with Gasteiger partial charge in [0.1, 0.15) is 0 Å². The lowest BCUT2D eigenvalue weighted by Crippen LogP contribution is -2.26. The molecule has 0 heterocycles. The number of rotatable bonds is 8. The van der Waals surface area contributed by atoms with Crippen LogP contribution in [0.3, 0.4) is 0 Å². The fourth-order valence-corrected chi connectivity index (χ4v) is 2.53. The Hall–Kier alpha value is -2.84. The van der Waals surface area contributed by atoms with Crippen LogP contribution in [-0.4, -0.2) is 22.1 Å². The van der Waals surface area contributed by atoms with Crippen molar-refractivity contribution >= 4 is 17.3 Å². The maximum absolute atomic E-state index is 12.2. The molecule has 0 fully saturated rings. The smallest absolute Gasteiger partial charge is 0.360 e. The Balaban J connectivity index is 1.90. The van der Waals surface area contributed by atoms with Gasteiger partial charge >= 0.3 is 5.71 Å². The van der Waals surface area contributed by atoms with Gasteiger partial charge in [-0.2, -0.15) is 4.79 Å². The van der Waals surface area contributed by atoms with Crippen LogP contribution in [0.5, 0.6) is 0 Å². The molecule has 2 rings (SSSR count). The van der Waals surface area contributed by atoms with Crippen LogP contribution in [0.1, 0.15) is 35.1 Å². The molecule has 0 unspecified atom stereocenters. The summed E-state index contributed by atoms with van der Waals surface area (Å²) >= 11 is 0. The molecule has 0 spiro atoms. The lowest BCUT2D eigenvalue weighted by molar-refractivity contribution is -0.124. The third kappa shape index (κ3) is 5.63. The molecule has 0 atom stereocenters. The van der Waals surface area contributed by atoms with Gasteiger partial charge in [0.2, 0.25) is 11.6 Å². The first-order valence-corrected chi connectivity index (χ1v) is 8.39. The largest absolute Gasteiger partial charge is 0.400 e. The van der Waals surface area contributed by atoms with Crippen molar-refractivity contribution in [1.82, 2.24) is 0 Å². The van der Waals surface area contributed by atoms with E-state index in [1.165, 1.54) is 0 Å². The minimum atomic E-state index is -0.419. The van der Waals surface area contributed by atoms with Gasteiger partial charge in [-0.15, -0.1) is 0 Å². The van der Waals surface area contributed by atoms with Crippen molar-refractivity contribution in [1.29, 1.82) is 0 Å². The van der Waals surface area contributed by atoms with Crippen LogP contribution in [0.15, 0.2) is 48.5 Å². The van der Waals surface area contributed by atoms with Crippen molar-refractivity contribution in [2.24, 2.45) is 0 Å². The Bertz CT molecular complexity index is 735. The molecular formula is C21H22N2O2. The first-order valence-electron chi connectivity index (χ1n) is 8.39. The van der Waals surface area contributed by atoms with Gasteiger partial charge in [0.15, 0.2) is 0 Å². The molecule has 0 aliphatic rings. The summed E-state index contributed by atoms with van der Waals surface area (Å²) < 4.78 is 0. The maximum Gasteiger partial charge on any atom is 0.400 e. The summed E-state index contributed by atoms with van der Waals surface area (Å²) in [6.07, 6.45) is 1.34. The van der Waals surface area contributed by atoms with Crippen LogP contribution >= 0.6 is 0 Å². The number of aryl methyl sites for hydroxylation is 4. The monoisotopic (exact) mass is 334 g/mol. The standard InChI is InChI=1S/C21H22N2O2/c1-15-3-7-17(8-4-15)11-13-19(24)21(23-22)20(25)14-12-18-9-5-16(2)6-10-18/h3-10H,11-14H2,1-2H3. The van der Waals surface area contributed by atoms with Gasteiger partial charge in [0.05, 0.1) is 0 Å². The summed E-state index contributed by atoms with van der Waals surface area (Å²) in [4.78, 5) is 27.4. The highest BCUT2D eigenvalue weighted by Gasteiger charge is 2.28. The Labute approximate surface area is 148 Å². The molecule has 0 bridgehead atoms. The number of benzene rings is 2. The predicted molar refractivity (Wildman–Crippen MR) is 97.6 cm³/mol. The average Bonchev–Trinajstić information content (AvgIpc) is 2.61. The van der Waals surface area contributed by atoms with Crippen LogP contribution in [0, 0.1) is 13.8 Å². The topological polar surface area (TPSA) is 70.5 Å². The molecule has 4 nitrogen and oxygen atoms in total. The van der Waals surface area contributed by atoms with Gasteiger partial charge in [-0.3, -0.25) is 9.59 Å². The molecule has 0 aromatic heterocycles. The van der Waals surface area contributed by atoms with Crippen molar-refractivity contribution in [2.45, 2.75) is 39.5 Å². The van der Waals surface area contributed by atoms with Crippen molar-refractivity contribution in [2.75, 3.05) is 0 Å². The van der Waals surface area contributed by atoms with Gasteiger partial charge in [0, 0.05) is 12.8 Å². The van der Waals surface area contributed by atoms with E-state index in [0.29, 0.717) is 12.8 Å². The fraction of sp³-hybridized carbons (Fsp3) is 0.286. The lowest BCUT2D eigenvalue weighted by Gasteiger charge is -2.01. The second-order valence-corrected chi connectivity index (χ2v) is 6.27. The van der Waals surface area contributed by atoms with Crippen molar-refractivity contribution < 1.29 is 14.4 Å². The highest BCUT2D eigenvalue weighted by Crippen LogP contribution is 2.09. The van der Waals surface area contributed by atoms with Gasteiger partial charge in [0.25, 0.3) is 0 Å². The summed E-state index contributed by atoms with van der Waals surface area (Å²) in [5, 5.41) is 0. The number of Topliss-reactive ketones (excluding diaryl/α,β-unsaturated/α-hetero) is 2. The zero-order valence-corrected chi connectivity index (χ0v) is 14.7. The number of ketones is 2. The van der Waals surface area contributed by atoms with Crippen LogP contribution < -0.4 is 0 Å². The minimum absolute atomic E-state index is 0.152. The second kappa shape index (κ2) is 8.86. The Morgan fingerprint density at radius 3 is 1.44 bits per heavy atom. The van der Waals surface area contributed by atoms with Gasteiger partial charge < -0.3 is 5.53 Å². The summed E-state index contributed by atoms with van der Waals surface area (Å²) in [5.41, 5.74) is 13.1. The third-order valence-electron chi connectivity index (χ3n) is 4.15. The normalized spacial score (nSPS) is 10.2. The van der Waals surface area contributed by atoms with Crippen LogP contribution in [0.2, 0.25) is 0 Å². The fourth-order valence-electron chi connectivity index (χ4n) is 2.53. The van der Waals surface area contributed by atoms with Gasteiger partial charge in [-0.1, -0.05) is 59.7 Å². The number of hydrogen-bond acceptors (Lipinski definition) is 2. The Morgan fingerprint density at radius 2 is 1.12 bits per heavy atom. The molecule has 0 aliphatic carbocycles. The van der Waals surface area contributed by atoms with E-state index in [4.69, 9.17) is 5.53 Å². The second-order valence-electron chi connectivity index (χ2n) is 6.27. The molecule has 0 saturated heterocycles. The van der Waals surface area contributed by atoms with Gasteiger partial charge in [-0.25, -0.2) is 0 Å². The molecule has 0 N–H and O–H groups in total. The lowest BCUT2D eigenvalue weighted by atomic mass is 9.99. The first kappa shape index (κ1) is 18.5. The van der Waals surface area contributed by atoms with Crippen molar-refractivity contribution in [3.8, 4) is 0 Å². The molecule has 0 aliphatic heterocycles. The summed E-state index contributed by atoms with van der Waals surface area (Å²) in [6, 6.07) is 15.7. The van der Waals surface area contributed by atoms with E-state index in [0.717, 1.165) is 22.3 Å². The van der Waals surface area contributed by atoms with E-state index in [1.807, 2.05) is 62.4 Å². The van der Waals surface area contributed by atoms with Crippen molar-refractivity contribution in [3.63, 3.8) is 0 Å². The predicted octanol–water partition coefficient (Wildman–Crippen LogP) is 3.68. The summed E-state index contributed by atoms with van der Waals surface area (Å²) in [5.74, 6) is -0.839. The minimum Gasteiger partial charge on any atom is -0.360 e. The molecule has 0 saturated carbocycles. The number of carbonyl (C=O) groups excluding carboxylic acids is 2. The quantitative estimate of drug-likeness (QED) is 0.320. The third-order valence-corrected chi connectivity index (χ3v) is 4.15. The van der Waals surface area contributed by atoms with Crippen molar-refractivity contribution in [3.05, 3.63) is 76.3 Å². The van der Waals surface area contributed by atoms with E-state index in [9.17, 15) is 9.59 Å². The highest BCUT2D eigenvalue weighted by molar-refractivity contribution is 6.64.